The number of unbranched alkanes of at least 4 members (excludes halogenated alkanes) is 1. The monoisotopic (exact) mass is 381 g/mol. The topological polar surface area (TPSA) is 69.6 Å². The summed E-state index contributed by atoms with van der Waals surface area (Å²) in [6, 6.07) is 0. The molecular formula is C19H35N5O3. The van der Waals surface area contributed by atoms with E-state index in [-0.39, 0.29) is 12.0 Å². The summed E-state index contributed by atoms with van der Waals surface area (Å²) in [5.41, 5.74) is 0. The zero-order valence-electron chi connectivity index (χ0n) is 16.7. The largest absolute Gasteiger partial charge is 0.379 e. The van der Waals surface area contributed by atoms with Crippen molar-refractivity contribution in [2.24, 2.45) is 4.99 Å². The van der Waals surface area contributed by atoms with Gasteiger partial charge in [0.2, 0.25) is 0 Å². The molecule has 3 heterocycles. The van der Waals surface area contributed by atoms with Crippen LogP contribution in [0.2, 0.25) is 0 Å². The fourth-order valence-electron chi connectivity index (χ4n) is 3.93. The molecule has 0 aromatic carbocycles. The lowest BCUT2D eigenvalue weighted by molar-refractivity contribution is -0.142. The first-order valence-electron chi connectivity index (χ1n) is 10.4. The molecule has 0 spiro atoms. The van der Waals surface area contributed by atoms with E-state index in [1.165, 1.54) is 6.42 Å². The van der Waals surface area contributed by atoms with Gasteiger partial charge in [0.1, 0.15) is 6.10 Å². The molecule has 3 fully saturated rings. The van der Waals surface area contributed by atoms with E-state index in [4.69, 9.17) is 9.47 Å². The Kier molecular flexibility index (Phi) is 8.16. The number of amides is 1. The number of piperazine rings is 1. The van der Waals surface area contributed by atoms with Gasteiger partial charge in [-0.1, -0.05) is 0 Å². The summed E-state index contributed by atoms with van der Waals surface area (Å²) in [5.74, 6) is 1.11. The van der Waals surface area contributed by atoms with Crippen LogP contribution in [-0.4, -0.2) is 112 Å². The average Bonchev–Trinajstić information content (AvgIpc) is 3.26. The minimum atomic E-state index is -0.208. The van der Waals surface area contributed by atoms with Gasteiger partial charge < -0.3 is 24.6 Å². The molecular weight excluding hydrogens is 346 g/mol. The lowest BCUT2D eigenvalue weighted by Gasteiger charge is -2.37. The Labute approximate surface area is 162 Å². The van der Waals surface area contributed by atoms with Crippen molar-refractivity contribution >= 4 is 11.9 Å². The van der Waals surface area contributed by atoms with Crippen molar-refractivity contribution in [2.75, 3.05) is 79.2 Å². The Bertz CT molecular complexity index is 482. The van der Waals surface area contributed by atoms with Gasteiger partial charge in [-0.25, -0.2) is 0 Å². The number of carbonyl (C=O) groups is 1. The van der Waals surface area contributed by atoms with Crippen LogP contribution in [0.25, 0.3) is 0 Å². The van der Waals surface area contributed by atoms with E-state index in [0.717, 1.165) is 97.4 Å². The SMILES string of the molecule is CN=C(NCCCCN1CCOCC1)N1CCN(C(=O)C2CCCO2)CC1. The van der Waals surface area contributed by atoms with E-state index < -0.39 is 0 Å². The maximum atomic E-state index is 12.4. The average molecular weight is 382 g/mol. The molecule has 3 rings (SSSR count). The Hall–Kier alpha value is -1.38. The van der Waals surface area contributed by atoms with Crippen LogP contribution in [0.1, 0.15) is 25.7 Å². The molecule has 1 atom stereocenters. The fourth-order valence-corrected chi connectivity index (χ4v) is 3.93. The van der Waals surface area contributed by atoms with E-state index in [9.17, 15) is 4.79 Å². The van der Waals surface area contributed by atoms with E-state index in [2.05, 4.69) is 20.1 Å². The van der Waals surface area contributed by atoms with Gasteiger partial charge in [-0.2, -0.15) is 0 Å². The smallest absolute Gasteiger partial charge is 0.251 e. The number of ether oxygens (including phenoxy) is 2. The highest BCUT2D eigenvalue weighted by Gasteiger charge is 2.30. The highest BCUT2D eigenvalue weighted by Crippen LogP contribution is 2.16. The van der Waals surface area contributed by atoms with Crippen LogP contribution in [-0.2, 0) is 14.3 Å². The number of guanidine groups is 1. The molecule has 27 heavy (non-hydrogen) atoms. The molecule has 0 aromatic rings. The minimum absolute atomic E-state index is 0.165. The normalized spacial score (nSPS) is 25.1. The first-order valence-corrected chi connectivity index (χ1v) is 10.4. The molecule has 1 amide bonds. The van der Waals surface area contributed by atoms with Crippen LogP contribution in [0.4, 0.5) is 0 Å². The van der Waals surface area contributed by atoms with Crippen molar-refractivity contribution in [1.82, 2.24) is 20.0 Å². The van der Waals surface area contributed by atoms with Crippen LogP contribution in [0, 0.1) is 0 Å². The molecule has 8 heteroatoms. The molecule has 3 aliphatic heterocycles. The van der Waals surface area contributed by atoms with E-state index >= 15 is 0 Å². The number of hydrogen-bond acceptors (Lipinski definition) is 5. The van der Waals surface area contributed by atoms with Gasteiger partial charge in [0, 0.05) is 59.5 Å². The van der Waals surface area contributed by atoms with Crippen LogP contribution in [0.5, 0.6) is 0 Å². The molecule has 0 bridgehead atoms. The number of rotatable bonds is 6. The predicted octanol–water partition coefficient (Wildman–Crippen LogP) is -0.00260. The predicted molar refractivity (Wildman–Crippen MR) is 105 cm³/mol. The molecule has 1 N–H and O–H groups in total. The highest BCUT2D eigenvalue weighted by molar-refractivity contribution is 5.82. The maximum Gasteiger partial charge on any atom is 0.251 e. The number of morpholine rings is 1. The van der Waals surface area contributed by atoms with Gasteiger partial charge in [0.05, 0.1) is 13.2 Å². The summed E-state index contributed by atoms with van der Waals surface area (Å²) in [6.45, 7) is 9.80. The molecule has 154 valence electrons. The summed E-state index contributed by atoms with van der Waals surface area (Å²) >= 11 is 0. The highest BCUT2D eigenvalue weighted by atomic mass is 16.5. The second kappa shape index (κ2) is 10.8. The van der Waals surface area contributed by atoms with E-state index in [0.29, 0.717) is 0 Å². The second-order valence-corrected chi connectivity index (χ2v) is 7.45. The molecule has 8 nitrogen and oxygen atoms in total. The number of aliphatic imine (C=N–C) groups is 1. The first-order chi connectivity index (χ1) is 13.3. The van der Waals surface area contributed by atoms with Crippen molar-refractivity contribution < 1.29 is 14.3 Å². The van der Waals surface area contributed by atoms with Crippen LogP contribution in [0.15, 0.2) is 4.99 Å². The zero-order valence-corrected chi connectivity index (χ0v) is 16.7. The maximum absolute atomic E-state index is 12.4. The van der Waals surface area contributed by atoms with Crippen LogP contribution >= 0.6 is 0 Å². The summed E-state index contributed by atoms with van der Waals surface area (Å²) in [7, 11) is 1.83. The van der Waals surface area contributed by atoms with Crippen molar-refractivity contribution in [3.63, 3.8) is 0 Å². The van der Waals surface area contributed by atoms with Gasteiger partial charge in [-0.05, 0) is 32.2 Å². The van der Waals surface area contributed by atoms with Crippen LogP contribution < -0.4 is 5.32 Å². The van der Waals surface area contributed by atoms with E-state index in [1.807, 2.05) is 11.9 Å². The molecule has 0 aliphatic carbocycles. The molecule has 1 unspecified atom stereocenters. The second-order valence-electron chi connectivity index (χ2n) is 7.45. The Morgan fingerprint density at radius 1 is 1.04 bits per heavy atom. The van der Waals surface area contributed by atoms with Gasteiger partial charge in [-0.15, -0.1) is 0 Å². The first kappa shape index (κ1) is 20.4. The Morgan fingerprint density at radius 2 is 1.78 bits per heavy atom. The molecule has 0 aromatic heterocycles. The third kappa shape index (κ3) is 6.05. The molecule has 0 radical (unpaired) electrons. The molecule has 3 saturated heterocycles. The zero-order chi connectivity index (χ0) is 18.9. The lowest BCUT2D eigenvalue weighted by Crippen LogP contribution is -2.55. The number of nitrogens with zero attached hydrogens (tertiary/aromatic N) is 4. The fraction of sp³-hybridized carbons (Fsp3) is 0.895. The van der Waals surface area contributed by atoms with Crippen molar-refractivity contribution in [1.29, 1.82) is 0 Å². The molecule has 0 saturated carbocycles. The Balaban J connectivity index is 1.31. The van der Waals surface area contributed by atoms with Crippen molar-refractivity contribution in [3.8, 4) is 0 Å². The van der Waals surface area contributed by atoms with Crippen LogP contribution in [0.3, 0.4) is 0 Å². The van der Waals surface area contributed by atoms with E-state index in [1.54, 1.807) is 0 Å². The minimum Gasteiger partial charge on any atom is -0.379 e. The number of carbonyl (C=O) groups excluding carboxylic acids is 1. The lowest BCUT2D eigenvalue weighted by atomic mass is 10.2. The third-order valence-corrected chi connectivity index (χ3v) is 5.60. The summed E-state index contributed by atoms with van der Waals surface area (Å²) < 4.78 is 10.9. The standard InChI is InChI=1S/C19H35N5O3/c1-20-19(21-6-2-3-7-22-12-15-26-16-13-22)24-10-8-23(9-11-24)18(25)17-5-4-14-27-17/h17H,2-16H2,1H3,(H,20,21). The third-order valence-electron chi connectivity index (χ3n) is 5.60. The number of hydrogen-bond donors (Lipinski definition) is 1. The van der Waals surface area contributed by atoms with Gasteiger partial charge in [0.25, 0.3) is 5.91 Å². The van der Waals surface area contributed by atoms with Gasteiger partial charge in [-0.3, -0.25) is 14.7 Å². The molecule has 3 aliphatic rings. The van der Waals surface area contributed by atoms with Gasteiger partial charge >= 0.3 is 0 Å². The summed E-state index contributed by atoms with van der Waals surface area (Å²) in [5, 5.41) is 3.48. The van der Waals surface area contributed by atoms with Gasteiger partial charge in [0.15, 0.2) is 5.96 Å². The van der Waals surface area contributed by atoms with Crippen molar-refractivity contribution in [3.05, 3.63) is 0 Å². The number of nitrogens with one attached hydrogen (secondary N) is 1. The van der Waals surface area contributed by atoms with Crippen molar-refractivity contribution in [2.45, 2.75) is 31.8 Å². The summed E-state index contributed by atoms with van der Waals surface area (Å²) in [4.78, 5) is 23.5. The Morgan fingerprint density at radius 3 is 2.44 bits per heavy atom. The quantitative estimate of drug-likeness (QED) is 0.397. The summed E-state index contributed by atoms with van der Waals surface area (Å²) in [6.07, 6.45) is 3.98.